The fourth-order valence-corrected chi connectivity index (χ4v) is 2.63. The number of hydrogen-bond acceptors (Lipinski definition) is 4. The Hall–Kier alpha value is -1.43. The number of anilines is 1. The summed E-state index contributed by atoms with van der Waals surface area (Å²) in [4.78, 5) is 16.5. The van der Waals surface area contributed by atoms with Gasteiger partial charge >= 0.3 is 0 Å². The Morgan fingerprint density at radius 2 is 2.14 bits per heavy atom. The number of para-hydroxylation sites is 1. The summed E-state index contributed by atoms with van der Waals surface area (Å²) in [5, 5.41) is 9.39. The zero-order valence-corrected chi connectivity index (χ0v) is 12.7. The molecule has 1 aliphatic heterocycles. The fraction of sp³-hybridized carbons (Fsp3) is 0.562. The predicted octanol–water partition coefficient (Wildman–Crippen LogP) is 1.12. The van der Waals surface area contributed by atoms with Crippen LogP contribution in [0.2, 0.25) is 0 Å². The van der Waals surface area contributed by atoms with Crippen molar-refractivity contribution in [2.24, 2.45) is 0 Å². The van der Waals surface area contributed by atoms with Crippen molar-refractivity contribution in [2.45, 2.75) is 25.9 Å². The van der Waals surface area contributed by atoms with Crippen LogP contribution in [0.4, 0.5) is 5.69 Å². The van der Waals surface area contributed by atoms with E-state index < -0.39 is 0 Å². The van der Waals surface area contributed by atoms with Crippen LogP contribution in [0.25, 0.3) is 0 Å². The molecule has 1 N–H and O–H groups in total. The molecule has 1 aliphatic rings. The molecular weight excluding hydrogens is 268 g/mol. The Morgan fingerprint density at radius 1 is 1.43 bits per heavy atom. The van der Waals surface area contributed by atoms with Gasteiger partial charge in [-0.3, -0.25) is 9.69 Å². The monoisotopic (exact) mass is 292 g/mol. The summed E-state index contributed by atoms with van der Waals surface area (Å²) in [5.41, 5.74) is 0.909. The lowest BCUT2D eigenvalue weighted by molar-refractivity contribution is -0.123. The highest BCUT2D eigenvalue weighted by Gasteiger charge is 2.27. The molecule has 5 nitrogen and oxygen atoms in total. The normalized spacial score (nSPS) is 19.7. The number of aliphatic hydroxyl groups is 1. The number of rotatable bonds is 5. The number of carbonyl (C=O) groups excluding carboxylic acids is 1. The van der Waals surface area contributed by atoms with E-state index in [0.29, 0.717) is 26.3 Å². The average molecular weight is 292 g/mol. The van der Waals surface area contributed by atoms with Gasteiger partial charge < -0.3 is 14.7 Å². The van der Waals surface area contributed by atoms with Crippen molar-refractivity contribution in [3.8, 4) is 0 Å². The minimum atomic E-state index is -0.0903. The summed E-state index contributed by atoms with van der Waals surface area (Å²) in [7, 11) is 0. The molecule has 21 heavy (non-hydrogen) atoms. The second-order valence-electron chi connectivity index (χ2n) is 5.57. The molecule has 1 aromatic carbocycles. The Kier molecular flexibility index (Phi) is 5.73. The molecule has 0 spiro atoms. The van der Waals surface area contributed by atoms with Crippen LogP contribution >= 0.6 is 0 Å². The van der Waals surface area contributed by atoms with Gasteiger partial charge in [0.15, 0.2) is 0 Å². The van der Waals surface area contributed by atoms with Crippen molar-refractivity contribution < 1.29 is 14.6 Å². The predicted molar refractivity (Wildman–Crippen MR) is 82.3 cm³/mol. The Labute approximate surface area is 126 Å². The summed E-state index contributed by atoms with van der Waals surface area (Å²) >= 11 is 0. The van der Waals surface area contributed by atoms with E-state index in [4.69, 9.17) is 4.74 Å². The van der Waals surface area contributed by atoms with Crippen LogP contribution in [-0.4, -0.2) is 60.9 Å². The van der Waals surface area contributed by atoms with Crippen LogP contribution in [0.3, 0.4) is 0 Å². The largest absolute Gasteiger partial charge is 0.395 e. The van der Waals surface area contributed by atoms with Gasteiger partial charge in [-0.15, -0.1) is 0 Å². The fourth-order valence-electron chi connectivity index (χ4n) is 2.63. The van der Waals surface area contributed by atoms with Gasteiger partial charge in [0.1, 0.15) is 0 Å². The lowest BCUT2D eigenvalue weighted by Gasteiger charge is -2.36. The van der Waals surface area contributed by atoms with Gasteiger partial charge in [0, 0.05) is 18.3 Å². The number of hydrogen-bond donors (Lipinski definition) is 1. The highest BCUT2D eigenvalue weighted by Crippen LogP contribution is 2.18. The summed E-state index contributed by atoms with van der Waals surface area (Å²) in [5.74, 6) is 0.0524. The Bertz CT molecular complexity index is 450. The van der Waals surface area contributed by atoms with Crippen molar-refractivity contribution in [1.29, 1.82) is 0 Å². The molecule has 1 saturated heterocycles. The first-order valence-corrected chi connectivity index (χ1v) is 7.43. The first-order valence-electron chi connectivity index (χ1n) is 7.43. The second-order valence-corrected chi connectivity index (χ2v) is 5.57. The molecule has 116 valence electrons. The summed E-state index contributed by atoms with van der Waals surface area (Å²) in [6.45, 7) is 6.11. The Morgan fingerprint density at radius 3 is 2.76 bits per heavy atom. The SMILES string of the molecule is CC(C)N(C(=O)CN1CCOCC1CO)c1ccccc1. The molecule has 1 fully saturated rings. The number of carbonyl (C=O) groups is 1. The van der Waals surface area contributed by atoms with Gasteiger partial charge in [0.05, 0.1) is 32.4 Å². The van der Waals surface area contributed by atoms with E-state index in [1.54, 1.807) is 0 Å². The number of aliphatic hydroxyl groups excluding tert-OH is 1. The van der Waals surface area contributed by atoms with Gasteiger partial charge in [-0.05, 0) is 26.0 Å². The molecular formula is C16H24N2O3. The maximum atomic E-state index is 12.7. The molecule has 5 heteroatoms. The molecule has 1 amide bonds. The molecule has 2 rings (SSSR count). The van der Waals surface area contributed by atoms with E-state index in [-0.39, 0.29) is 24.6 Å². The van der Waals surface area contributed by atoms with Gasteiger partial charge in [0.2, 0.25) is 5.91 Å². The lowest BCUT2D eigenvalue weighted by Crippen LogP contribution is -2.52. The van der Waals surface area contributed by atoms with E-state index in [2.05, 4.69) is 0 Å². The zero-order valence-electron chi connectivity index (χ0n) is 12.7. The summed E-state index contributed by atoms with van der Waals surface area (Å²) in [6.07, 6.45) is 0. The first-order chi connectivity index (χ1) is 10.1. The summed E-state index contributed by atoms with van der Waals surface area (Å²) < 4.78 is 5.35. The zero-order chi connectivity index (χ0) is 15.2. The number of nitrogens with zero attached hydrogens (tertiary/aromatic N) is 2. The number of amides is 1. The minimum Gasteiger partial charge on any atom is -0.395 e. The van der Waals surface area contributed by atoms with E-state index in [1.165, 1.54) is 0 Å². The van der Waals surface area contributed by atoms with Crippen LogP contribution in [-0.2, 0) is 9.53 Å². The topological polar surface area (TPSA) is 53.0 Å². The highest BCUT2D eigenvalue weighted by atomic mass is 16.5. The quantitative estimate of drug-likeness (QED) is 0.883. The first kappa shape index (κ1) is 15.9. The molecule has 1 unspecified atom stereocenters. The highest BCUT2D eigenvalue weighted by molar-refractivity contribution is 5.95. The second kappa shape index (κ2) is 7.54. The molecule has 0 bridgehead atoms. The Balaban J connectivity index is 2.08. The van der Waals surface area contributed by atoms with Crippen LogP contribution in [0, 0.1) is 0 Å². The molecule has 0 aromatic heterocycles. The van der Waals surface area contributed by atoms with Crippen molar-refractivity contribution in [3.63, 3.8) is 0 Å². The van der Waals surface area contributed by atoms with Gasteiger partial charge in [-0.1, -0.05) is 18.2 Å². The summed E-state index contributed by atoms with van der Waals surface area (Å²) in [6, 6.07) is 9.70. The van der Waals surface area contributed by atoms with Gasteiger partial charge in [-0.2, -0.15) is 0 Å². The smallest absolute Gasteiger partial charge is 0.241 e. The van der Waals surface area contributed by atoms with Crippen LogP contribution < -0.4 is 4.90 Å². The van der Waals surface area contributed by atoms with Gasteiger partial charge in [-0.25, -0.2) is 0 Å². The van der Waals surface area contributed by atoms with Crippen LogP contribution in [0.5, 0.6) is 0 Å². The molecule has 0 aliphatic carbocycles. The van der Waals surface area contributed by atoms with E-state index in [1.807, 2.05) is 54.0 Å². The van der Waals surface area contributed by atoms with Crippen LogP contribution in [0.15, 0.2) is 30.3 Å². The van der Waals surface area contributed by atoms with Crippen molar-refractivity contribution in [2.75, 3.05) is 37.8 Å². The van der Waals surface area contributed by atoms with E-state index in [9.17, 15) is 9.90 Å². The van der Waals surface area contributed by atoms with Crippen molar-refractivity contribution >= 4 is 11.6 Å². The molecule has 0 saturated carbocycles. The number of benzene rings is 1. The number of morpholine rings is 1. The standard InChI is InChI=1S/C16H24N2O3/c1-13(2)18(14-6-4-3-5-7-14)16(20)10-17-8-9-21-12-15(17)11-19/h3-7,13,15,19H,8-12H2,1-2H3. The average Bonchev–Trinajstić information content (AvgIpc) is 2.48. The molecule has 0 radical (unpaired) electrons. The molecule has 1 atom stereocenters. The maximum Gasteiger partial charge on any atom is 0.241 e. The maximum absolute atomic E-state index is 12.7. The van der Waals surface area contributed by atoms with E-state index in [0.717, 1.165) is 5.69 Å². The van der Waals surface area contributed by atoms with Crippen molar-refractivity contribution in [3.05, 3.63) is 30.3 Å². The minimum absolute atomic E-state index is 0.0142. The van der Waals surface area contributed by atoms with Crippen molar-refractivity contribution in [1.82, 2.24) is 4.90 Å². The van der Waals surface area contributed by atoms with Gasteiger partial charge in [0.25, 0.3) is 0 Å². The third-order valence-corrected chi connectivity index (χ3v) is 3.72. The third-order valence-electron chi connectivity index (χ3n) is 3.72. The molecule has 1 heterocycles. The molecule has 1 aromatic rings. The number of ether oxygens (including phenoxy) is 1. The van der Waals surface area contributed by atoms with Crippen LogP contribution in [0.1, 0.15) is 13.8 Å². The van der Waals surface area contributed by atoms with E-state index >= 15 is 0 Å². The lowest BCUT2D eigenvalue weighted by atomic mass is 10.2. The third kappa shape index (κ3) is 4.03.